The molecule has 19 heavy (non-hydrogen) atoms. The van der Waals surface area contributed by atoms with Crippen LogP contribution < -0.4 is 0 Å². The molecule has 1 amide bonds. The van der Waals surface area contributed by atoms with Gasteiger partial charge in [-0.25, -0.2) is 0 Å². The largest absolute Gasteiger partial charge is 0.481 e. The van der Waals surface area contributed by atoms with E-state index in [1.54, 1.807) is 11.0 Å². The number of amides is 1. The smallest absolute Gasteiger partial charge is 0.311 e. The van der Waals surface area contributed by atoms with Crippen molar-refractivity contribution in [3.05, 3.63) is 22.6 Å². The Morgan fingerprint density at radius 2 is 2.32 bits per heavy atom. The lowest BCUT2D eigenvalue weighted by Crippen LogP contribution is -2.36. The topological polar surface area (TPSA) is 70.8 Å². The minimum absolute atomic E-state index is 0.181. The molecule has 1 aliphatic heterocycles. The Hall–Kier alpha value is -1.30. The summed E-state index contributed by atoms with van der Waals surface area (Å²) in [7, 11) is 0. The van der Waals surface area contributed by atoms with E-state index >= 15 is 0 Å². The van der Waals surface area contributed by atoms with Gasteiger partial charge < -0.3 is 14.4 Å². The first-order chi connectivity index (χ1) is 9.00. The van der Waals surface area contributed by atoms with Crippen molar-refractivity contribution in [2.75, 3.05) is 13.1 Å². The number of carbonyl (C=O) groups excluding carboxylic acids is 1. The molecule has 5 nitrogen and oxygen atoms in total. The summed E-state index contributed by atoms with van der Waals surface area (Å²) in [6, 6.07) is 1.59. The van der Waals surface area contributed by atoms with Crippen LogP contribution in [0.4, 0.5) is 0 Å². The molecule has 1 aromatic rings. The van der Waals surface area contributed by atoms with Gasteiger partial charge in [-0.3, -0.25) is 9.59 Å². The molecule has 2 heterocycles. The lowest BCUT2D eigenvalue weighted by molar-refractivity contribution is -0.148. The van der Waals surface area contributed by atoms with Crippen molar-refractivity contribution in [1.82, 2.24) is 4.90 Å². The van der Waals surface area contributed by atoms with Crippen molar-refractivity contribution in [1.29, 1.82) is 0 Å². The maximum absolute atomic E-state index is 12.3. The molecule has 6 heteroatoms. The van der Waals surface area contributed by atoms with Gasteiger partial charge in [-0.15, -0.1) is 0 Å². The van der Waals surface area contributed by atoms with Crippen LogP contribution in [0.15, 0.2) is 21.4 Å². The van der Waals surface area contributed by atoms with Crippen LogP contribution in [-0.4, -0.2) is 35.0 Å². The number of furan rings is 1. The average Bonchev–Trinajstić information content (AvgIpc) is 2.96. The predicted molar refractivity (Wildman–Crippen MR) is 71.9 cm³/mol. The van der Waals surface area contributed by atoms with E-state index < -0.39 is 11.4 Å². The zero-order chi connectivity index (χ0) is 14.0. The van der Waals surface area contributed by atoms with E-state index in [4.69, 9.17) is 4.42 Å². The molecule has 1 fully saturated rings. The van der Waals surface area contributed by atoms with E-state index in [1.165, 1.54) is 6.26 Å². The molecular formula is C13H16BrNO4. The van der Waals surface area contributed by atoms with Crippen LogP contribution in [0.3, 0.4) is 0 Å². The highest BCUT2D eigenvalue weighted by atomic mass is 79.9. The van der Waals surface area contributed by atoms with Crippen LogP contribution in [0.25, 0.3) is 0 Å². The van der Waals surface area contributed by atoms with Crippen molar-refractivity contribution in [3.8, 4) is 0 Å². The van der Waals surface area contributed by atoms with E-state index in [0.29, 0.717) is 29.6 Å². The summed E-state index contributed by atoms with van der Waals surface area (Å²) in [5, 5.41) is 9.41. The Morgan fingerprint density at radius 1 is 1.58 bits per heavy atom. The van der Waals surface area contributed by atoms with Gasteiger partial charge in [-0.1, -0.05) is 13.3 Å². The normalized spacial score (nSPS) is 22.7. The zero-order valence-electron chi connectivity index (χ0n) is 10.7. The van der Waals surface area contributed by atoms with Crippen LogP contribution in [-0.2, 0) is 4.79 Å². The maximum Gasteiger partial charge on any atom is 0.311 e. The van der Waals surface area contributed by atoms with Gasteiger partial charge >= 0.3 is 5.97 Å². The number of carbonyl (C=O) groups is 2. The van der Waals surface area contributed by atoms with Crippen LogP contribution in [0.5, 0.6) is 0 Å². The second-order valence-electron chi connectivity index (χ2n) is 4.92. The summed E-state index contributed by atoms with van der Waals surface area (Å²) in [5.74, 6) is -0.990. The lowest BCUT2D eigenvalue weighted by Gasteiger charge is -2.24. The number of halogens is 1. The quantitative estimate of drug-likeness (QED) is 0.921. The average molecular weight is 330 g/mol. The summed E-state index contributed by atoms with van der Waals surface area (Å²) in [5.41, 5.74) is -0.349. The van der Waals surface area contributed by atoms with E-state index in [2.05, 4.69) is 15.9 Å². The Morgan fingerprint density at radius 3 is 2.84 bits per heavy atom. The van der Waals surface area contributed by atoms with Gasteiger partial charge in [-0.05, 0) is 34.8 Å². The van der Waals surface area contributed by atoms with Gasteiger partial charge in [-0.2, -0.15) is 0 Å². The SMILES string of the molecule is CCCC1(C(=O)O)CCN(C(=O)c2ccoc2Br)C1. The molecule has 0 spiro atoms. The number of rotatable bonds is 4. The van der Waals surface area contributed by atoms with Crippen molar-refractivity contribution in [3.63, 3.8) is 0 Å². The lowest BCUT2D eigenvalue weighted by atomic mass is 9.83. The third-order valence-electron chi connectivity index (χ3n) is 3.67. The fourth-order valence-corrected chi connectivity index (χ4v) is 3.04. The molecular weight excluding hydrogens is 314 g/mol. The molecule has 1 atom stereocenters. The molecule has 1 saturated heterocycles. The summed E-state index contributed by atoms with van der Waals surface area (Å²) in [6.45, 7) is 2.71. The monoisotopic (exact) mass is 329 g/mol. The van der Waals surface area contributed by atoms with Gasteiger partial charge in [0.2, 0.25) is 0 Å². The molecule has 1 unspecified atom stereocenters. The molecule has 104 valence electrons. The molecule has 0 aliphatic carbocycles. The molecule has 1 aromatic heterocycles. The second kappa shape index (κ2) is 5.36. The minimum Gasteiger partial charge on any atom is -0.481 e. The molecule has 1 N–H and O–H groups in total. The number of aliphatic carboxylic acids is 1. The molecule has 0 radical (unpaired) electrons. The fourth-order valence-electron chi connectivity index (χ4n) is 2.63. The first-order valence-electron chi connectivity index (χ1n) is 6.26. The molecule has 0 bridgehead atoms. The maximum atomic E-state index is 12.3. The van der Waals surface area contributed by atoms with E-state index in [0.717, 1.165) is 6.42 Å². The third-order valence-corrected chi connectivity index (χ3v) is 4.29. The first-order valence-corrected chi connectivity index (χ1v) is 7.05. The van der Waals surface area contributed by atoms with Gasteiger partial charge in [0.25, 0.3) is 5.91 Å². The second-order valence-corrected chi connectivity index (χ2v) is 5.64. The van der Waals surface area contributed by atoms with Crippen molar-refractivity contribution in [2.45, 2.75) is 26.2 Å². The Bertz CT molecular complexity index is 499. The number of hydrogen-bond donors (Lipinski definition) is 1. The Balaban J connectivity index is 2.15. The van der Waals surface area contributed by atoms with Crippen molar-refractivity contribution >= 4 is 27.8 Å². The Kier molecular flexibility index (Phi) is 3.99. The van der Waals surface area contributed by atoms with Crippen molar-refractivity contribution < 1.29 is 19.1 Å². The predicted octanol–water partition coefficient (Wildman–Crippen LogP) is 2.76. The highest BCUT2D eigenvalue weighted by Crippen LogP contribution is 2.36. The summed E-state index contributed by atoms with van der Waals surface area (Å²) in [4.78, 5) is 25.4. The first kappa shape index (κ1) is 14.1. The van der Waals surface area contributed by atoms with Gasteiger partial charge in [0.1, 0.15) is 0 Å². The van der Waals surface area contributed by atoms with Crippen molar-refractivity contribution in [2.24, 2.45) is 5.41 Å². The Labute approximate surface area is 119 Å². The van der Waals surface area contributed by atoms with Crippen LogP contribution >= 0.6 is 15.9 Å². The molecule has 0 aromatic carbocycles. The number of hydrogen-bond acceptors (Lipinski definition) is 3. The zero-order valence-corrected chi connectivity index (χ0v) is 12.3. The minimum atomic E-state index is -0.809. The highest BCUT2D eigenvalue weighted by Gasteiger charge is 2.45. The van der Waals surface area contributed by atoms with Crippen LogP contribution in [0.1, 0.15) is 36.5 Å². The number of likely N-dealkylation sites (tertiary alicyclic amines) is 1. The van der Waals surface area contributed by atoms with E-state index in [1.807, 2.05) is 6.92 Å². The highest BCUT2D eigenvalue weighted by molar-refractivity contribution is 9.10. The van der Waals surface area contributed by atoms with Crippen LogP contribution in [0.2, 0.25) is 0 Å². The number of nitrogens with zero attached hydrogens (tertiary/aromatic N) is 1. The standard InChI is InChI=1S/C13H16BrNO4/c1-2-4-13(12(17)18)5-6-15(8-13)11(16)9-3-7-19-10(9)14/h3,7H,2,4-6,8H2,1H3,(H,17,18). The summed E-state index contributed by atoms with van der Waals surface area (Å²) >= 11 is 3.17. The van der Waals surface area contributed by atoms with E-state index in [9.17, 15) is 14.7 Å². The summed E-state index contributed by atoms with van der Waals surface area (Å²) < 4.78 is 5.43. The summed E-state index contributed by atoms with van der Waals surface area (Å²) in [6.07, 6.45) is 3.34. The molecule has 1 aliphatic rings. The van der Waals surface area contributed by atoms with E-state index in [-0.39, 0.29) is 12.5 Å². The third kappa shape index (κ3) is 2.54. The number of carboxylic acids is 1. The molecule has 0 saturated carbocycles. The van der Waals surface area contributed by atoms with Gasteiger partial charge in [0.05, 0.1) is 17.2 Å². The van der Waals surface area contributed by atoms with Crippen LogP contribution in [0, 0.1) is 5.41 Å². The fraction of sp³-hybridized carbons (Fsp3) is 0.538. The van der Waals surface area contributed by atoms with Gasteiger partial charge in [0, 0.05) is 13.1 Å². The van der Waals surface area contributed by atoms with Gasteiger partial charge in [0.15, 0.2) is 4.67 Å². The number of carboxylic acid groups (broad SMARTS) is 1. The molecule has 2 rings (SSSR count).